The van der Waals surface area contributed by atoms with E-state index in [4.69, 9.17) is 4.55 Å². The molecule has 2 unspecified atom stereocenters. The summed E-state index contributed by atoms with van der Waals surface area (Å²) in [5.41, 5.74) is 0. The first-order valence-electron chi connectivity index (χ1n) is 4.24. The van der Waals surface area contributed by atoms with Gasteiger partial charge >= 0.3 is 39.9 Å². The topological polar surface area (TPSA) is 66.4 Å². The van der Waals surface area contributed by atoms with Crippen LogP contribution in [0.2, 0.25) is 0 Å². The summed E-state index contributed by atoms with van der Waals surface area (Å²) in [6, 6.07) is -0.0752. The minimum atomic E-state index is -4.01. The molecule has 2 N–H and O–H groups in total. The van der Waals surface area contributed by atoms with Gasteiger partial charge < -0.3 is 0 Å². The van der Waals surface area contributed by atoms with Crippen LogP contribution in [0.3, 0.4) is 0 Å². The van der Waals surface area contributed by atoms with Gasteiger partial charge in [-0.15, -0.1) is 0 Å². The molecule has 0 heterocycles. The first-order valence-corrected chi connectivity index (χ1v) is 5.68. The second-order valence-corrected chi connectivity index (χ2v) is 4.65. The van der Waals surface area contributed by atoms with Crippen molar-refractivity contribution in [2.24, 2.45) is 5.92 Å². The van der Waals surface area contributed by atoms with Crippen LogP contribution in [0.5, 0.6) is 0 Å². The van der Waals surface area contributed by atoms with Gasteiger partial charge in [-0.25, -0.2) is 0 Å². The van der Waals surface area contributed by atoms with Crippen molar-refractivity contribution in [3.63, 3.8) is 0 Å². The van der Waals surface area contributed by atoms with E-state index in [0.29, 0.717) is 5.92 Å². The third-order valence-electron chi connectivity index (χ3n) is 2.41. The quantitative estimate of drug-likeness (QED) is 0.516. The van der Waals surface area contributed by atoms with Crippen LogP contribution in [-0.4, -0.2) is 48.6 Å². The summed E-state index contributed by atoms with van der Waals surface area (Å²) in [6.07, 6.45) is 4.07. The number of hydrogen-bond acceptors (Lipinski definition) is 2. The summed E-state index contributed by atoms with van der Waals surface area (Å²) in [4.78, 5) is 0. The maximum absolute atomic E-state index is 10.5. The van der Waals surface area contributed by atoms with Gasteiger partial charge in [-0.3, -0.25) is 4.55 Å². The van der Waals surface area contributed by atoms with E-state index >= 15 is 0 Å². The molecule has 1 rings (SSSR count). The van der Waals surface area contributed by atoms with Crippen LogP contribution in [0.4, 0.5) is 0 Å². The van der Waals surface area contributed by atoms with Crippen LogP contribution >= 0.6 is 0 Å². The Morgan fingerprint density at radius 2 is 1.85 bits per heavy atom. The van der Waals surface area contributed by atoms with E-state index in [9.17, 15) is 8.42 Å². The van der Waals surface area contributed by atoms with Gasteiger partial charge in [-0.05, 0) is 18.8 Å². The number of rotatable bonds is 2. The van der Waals surface area contributed by atoms with Crippen molar-refractivity contribution in [3.05, 3.63) is 0 Å². The van der Waals surface area contributed by atoms with Crippen LogP contribution in [-0.2, 0) is 10.3 Å². The Hall–Kier alpha value is 0.870. The average Bonchev–Trinajstić information content (AvgIpc) is 1.91. The Kier molecular flexibility index (Phi) is 6.06. The minimum absolute atomic E-state index is 0. The van der Waals surface area contributed by atoms with E-state index < -0.39 is 10.3 Å². The molecule has 1 saturated carbocycles. The van der Waals surface area contributed by atoms with E-state index in [1.807, 2.05) is 6.92 Å². The molecule has 2 atom stereocenters. The van der Waals surface area contributed by atoms with Gasteiger partial charge in [0.05, 0.1) is 0 Å². The van der Waals surface area contributed by atoms with E-state index in [1.165, 1.54) is 0 Å². The van der Waals surface area contributed by atoms with Crippen molar-refractivity contribution < 1.29 is 13.0 Å². The molecule has 1 aliphatic rings. The van der Waals surface area contributed by atoms with E-state index in [0.717, 1.165) is 25.7 Å². The van der Waals surface area contributed by atoms with Gasteiger partial charge in [0.25, 0.3) is 0 Å². The summed E-state index contributed by atoms with van der Waals surface area (Å²) in [5.74, 6) is 0.334. The second-order valence-electron chi connectivity index (χ2n) is 3.46. The van der Waals surface area contributed by atoms with Crippen LogP contribution in [0, 0.1) is 5.92 Å². The van der Waals surface area contributed by atoms with E-state index in [1.54, 1.807) is 0 Å². The Bertz CT molecular complexity index is 242. The van der Waals surface area contributed by atoms with Gasteiger partial charge in [-0.2, -0.15) is 13.1 Å². The summed E-state index contributed by atoms with van der Waals surface area (Å²) in [5, 5.41) is 0. The zero-order chi connectivity index (χ0) is 9.19. The van der Waals surface area contributed by atoms with Gasteiger partial charge in [0.2, 0.25) is 0 Å². The fourth-order valence-electron chi connectivity index (χ4n) is 1.68. The van der Waals surface area contributed by atoms with Crippen LogP contribution in [0.25, 0.3) is 0 Å². The first-order chi connectivity index (χ1) is 5.49. The third-order valence-corrected chi connectivity index (χ3v) is 3.01. The SMILES string of the molecule is CC1CCCCC1NS(=O)(=O)O.[NaH]. The van der Waals surface area contributed by atoms with E-state index in [-0.39, 0.29) is 35.6 Å². The molecule has 0 bridgehead atoms. The van der Waals surface area contributed by atoms with Gasteiger partial charge in [0.1, 0.15) is 0 Å². The number of nitrogens with one attached hydrogen (secondary N) is 1. The average molecular weight is 217 g/mol. The molecule has 74 valence electrons. The standard InChI is InChI=1S/C7H15NO3S.Na.H/c1-6-4-2-3-5-7(6)8-12(9,10)11;;/h6-8H,2-5H2,1H3,(H,9,10,11);;. The van der Waals surface area contributed by atoms with Crippen molar-refractivity contribution in [2.75, 3.05) is 0 Å². The summed E-state index contributed by atoms with van der Waals surface area (Å²) in [6.45, 7) is 2.00. The molecule has 0 aromatic rings. The van der Waals surface area contributed by atoms with E-state index in [2.05, 4.69) is 4.72 Å². The summed E-state index contributed by atoms with van der Waals surface area (Å²) in [7, 11) is -4.01. The molecule has 0 aromatic carbocycles. The zero-order valence-electron chi connectivity index (χ0n) is 7.16. The van der Waals surface area contributed by atoms with Gasteiger partial charge in [0.15, 0.2) is 0 Å². The molecule has 6 heteroatoms. The molecule has 0 saturated heterocycles. The molecule has 0 aliphatic heterocycles. The van der Waals surface area contributed by atoms with Gasteiger partial charge in [0, 0.05) is 6.04 Å². The van der Waals surface area contributed by atoms with Crippen molar-refractivity contribution in [2.45, 2.75) is 38.6 Å². The summed E-state index contributed by atoms with van der Waals surface area (Å²) < 4.78 is 31.8. The molecule has 0 radical (unpaired) electrons. The molecular formula is C7H16NNaO3S. The molecule has 0 spiro atoms. The molecule has 13 heavy (non-hydrogen) atoms. The van der Waals surface area contributed by atoms with Crippen molar-refractivity contribution in [3.8, 4) is 0 Å². The molecule has 1 fully saturated rings. The molecule has 1 aliphatic carbocycles. The monoisotopic (exact) mass is 217 g/mol. The molecule has 0 aromatic heterocycles. The van der Waals surface area contributed by atoms with Crippen molar-refractivity contribution >= 4 is 39.9 Å². The van der Waals surface area contributed by atoms with Crippen LogP contribution in [0.15, 0.2) is 0 Å². The Morgan fingerprint density at radius 3 is 2.31 bits per heavy atom. The Balaban J connectivity index is 0.00000144. The van der Waals surface area contributed by atoms with Crippen LogP contribution < -0.4 is 4.72 Å². The zero-order valence-corrected chi connectivity index (χ0v) is 7.97. The summed E-state index contributed by atoms with van der Waals surface area (Å²) >= 11 is 0. The number of hydrogen-bond donors (Lipinski definition) is 2. The van der Waals surface area contributed by atoms with Gasteiger partial charge in [-0.1, -0.05) is 19.8 Å². The van der Waals surface area contributed by atoms with Crippen LogP contribution in [0.1, 0.15) is 32.6 Å². The first kappa shape index (κ1) is 13.9. The molecule has 4 nitrogen and oxygen atoms in total. The second kappa shape index (κ2) is 5.68. The fourth-order valence-corrected chi connectivity index (χ4v) is 2.42. The normalized spacial score (nSPS) is 29.4. The maximum atomic E-state index is 10.5. The Morgan fingerprint density at radius 1 is 1.31 bits per heavy atom. The Labute approximate surface area is 102 Å². The fraction of sp³-hybridized carbons (Fsp3) is 1.00. The molecular weight excluding hydrogens is 201 g/mol. The third kappa shape index (κ3) is 5.34. The molecule has 0 amide bonds. The predicted molar refractivity (Wildman–Crippen MR) is 53.3 cm³/mol. The predicted octanol–water partition coefficient (Wildman–Crippen LogP) is 0.309. The van der Waals surface area contributed by atoms with Crippen molar-refractivity contribution in [1.29, 1.82) is 0 Å². The van der Waals surface area contributed by atoms with Crippen molar-refractivity contribution in [1.82, 2.24) is 4.72 Å².